The lowest BCUT2D eigenvalue weighted by atomic mass is 9.60. The number of halogens is 1. The van der Waals surface area contributed by atoms with Crippen LogP contribution in [0.5, 0.6) is 0 Å². The quantitative estimate of drug-likeness (QED) is 0.558. The van der Waals surface area contributed by atoms with Crippen molar-refractivity contribution in [2.75, 3.05) is 13.6 Å². The molecule has 0 unspecified atom stereocenters. The molecule has 2 fully saturated rings. The molecule has 0 radical (unpaired) electrons. The van der Waals surface area contributed by atoms with Gasteiger partial charge in [-0.2, -0.15) is 0 Å². The molecule has 1 nitrogen and oxygen atoms in total. The maximum absolute atomic E-state index is 2.62. The van der Waals surface area contributed by atoms with Gasteiger partial charge < -0.3 is 4.90 Å². The molecule has 0 aliphatic heterocycles. The van der Waals surface area contributed by atoms with E-state index in [1.165, 1.54) is 45.1 Å². The highest BCUT2D eigenvalue weighted by atomic mass is 127. The van der Waals surface area contributed by atoms with Crippen LogP contribution < -0.4 is 0 Å². The minimum Gasteiger partial charge on any atom is -0.304 e. The van der Waals surface area contributed by atoms with Gasteiger partial charge in [-0.1, -0.05) is 29.5 Å². The number of nitrogens with zero attached hydrogens (tertiary/aromatic N) is 1. The lowest BCUT2D eigenvalue weighted by Gasteiger charge is -2.51. The second kappa shape index (κ2) is 4.28. The van der Waals surface area contributed by atoms with Crippen LogP contribution in [0.15, 0.2) is 0 Å². The molecule has 1 spiro atoms. The van der Waals surface area contributed by atoms with Gasteiger partial charge in [0, 0.05) is 9.97 Å². The van der Waals surface area contributed by atoms with Crippen LogP contribution in [-0.2, 0) is 0 Å². The summed E-state index contributed by atoms with van der Waals surface area (Å²) in [5, 5.41) is 0. The molecule has 0 N–H and O–H groups in total. The lowest BCUT2D eigenvalue weighted by Crippen LogP contribution is -2.45. The maximum atomic E-state index is 2.62. The minimum atomic E-state index is 0.803. The van der Waals surface area contributed by atoms with Gasteiger partial charge >= 0.3 is 0 Å². The fourth-order valence-electron chi connectivity index (χ4n) is 3.20. The second-order valence-electron chi connectivity index (χ2n) is 5.31. The Labute approximate surface area is 102 Å². The molecule has 0 aromatic heterocycles. The summed E-state index contributed by atoms with van der Waals surface area (Å²) in [4.78, 5) is 2.53. The smallest absolute Gasteiger partial charge is 0.0120 e. The van der Waals surface area contributed by atoms with Crippen LogP contribution in [0.25, 0.3) is 0 Å². The van der Waals surface area contributed by atoms with Gasteiger partial charge in [-0.25, -0.2) is 0 Å². The van der Waals surface area contributed by atoms with E-state index in [0.717, 1.165) is 15.4 Å². The van der Waals surface area contributed by atoms with Crippen LogP contribution in [0.3, 0.4) is 0 Å². The van der Waals surface area contributed by atoms with Gasteiger partial charge in [-0.3, -0.25) is 0 Å². The highest BCUT2D eigenvalue weighted by Gasteiger charge is 2.45. The summed E-state index contributed by atoms with van der Waals surface area (Å²) in [7, 11) is 2.28. The summed E-state index contributed by atoms with van der Waals surface area (Å²) >= 11 is 2.62. The molecular formula is C12H22IN. The van der Waals surface area contributed by atoms with Crippen LogP contribution in [-0.4, -0.2) is 28.5 Å². The van der Waals surface area contributed by atoms with E-state index in [1.807, 2.05) is 0 Å². The van der Waals surface area contributed by atoms with Crippen molar-refractivity contribution in [2.24, 2.45) is 5.41 Å². The van der Waals surface area contributed by atoms with Crippen LogP contribution in [0, 0.1) is 5.41 Å². The number of rotatable bonds is 2. The van der Waals surface area contributed by atoms with Gasteiger partial charge in [0.15, 0.2) is 0 Å². The average Bonchev–Trinajstić information content (AvgIpc) is 2.16. The van der Waals surface area contributed by atoms with Gasteiger partial charge in [0.05, 0.1) is 0 Å². The van der Waals surface area contributed by atoms with Gasteiger partial charge in [-0.15, -0.1) is 0 Å². The van der Waals surface area contributed by atoms with Gasteiger partial charge in [0.1, 0.15) is 0 Å². The fraction of sp³-hybridized carbons (Fsp3) is 1.00. The first-order valence-electron chi connectivity index (χ1n) is 5.99. The third kappa shape index (κ3) is 2.11. The van der Waals surface area contributed by atoms with Gasteiger partial charge in [0.25, 0.3) is 0 Å². The predicted molar refractivity (Wildman–Crippen MR) is 70.0 cm³/mol. The zero-order valence-electron chi connectivity index (χ0n) is 9.43. The summed E-state index contributed by atoms with van der Waals surface area (Å²) in [5.41, 5.74) is 0.803. The standard InChI is InChI=1S/C12H22IN/c1-3-14(2)11-4-6-12(7-5-11)8-10(13)9-12/h10-11H,3-9H2,1-2H3/t10-,11-,12?. The van der Waals surface area contributed by atoms with Gasteiger partial charge in [0.2, 0.25) is 0 Å². The molecule has 0 bridgehead atoms. The van der Waals surface area contributed by atoms with E-state index in [0.29, 0.717) is 0 Å². The summed E-state index contributed by atoms with van der Waals surface area (Å²) in [6, 6.07) is 0.888. The maximum Gasteiger partial charge on any atom is 0.0120 e. The van der Waals surface area contributed by atoms with Crippen molar-refractivity contribution in [3.05, 3.63) is 0 Å². The van der Waals surface area contributed by atoms with E-state index < -0.39 is 0 Å². The van der Waals surface area contributed by atoms with Crippen molar-refractivity contribution in [1.29, 1.82) is 0 Å². The molecule has 2 aliphatic rings. The summed E-state index contributed by atoms with van der Waals surface area (Å²) in [5.74, 6) is 0. The number of hydrogen-bond acceptors (Lipinski definition) is 1. The molecule has 2 saturated carbocycles. The Kier molecular flexibility index (Phi) is 3.42. The molecule has 2 aliphatic carbocycles. The zero-order chi connectivity index (χ0) is 10.2. The SMILES string of the molecule is CCN(C)[C@H]1CCC2(CC1)C[C@@H](I)C2. The lowest BCUT2D eigenvalue weighted by molar-refractivity contribution is 0.0483. The molecule has 2 heteroatoms. The Morgan fingerprint density at radius 3 is 2.29 bits per heavy atom. The van der Waals surface area contributed by atoms with Crippen molar-refractivity contribution in [3.8, 4) is 0 Å². The Bertz CT molecular complexity index is 188. The third-order valence-electron chi connectivity index (χ3n) is 4.45. The Hall–Kier alpha value is 0.690. The van der Waals surface area contributed by atoms with E-state index >= 15 is 0 Å². The van der Waals surface area contributed by atoms with Crippen LogP contribution in [0.1, 0.15) is 45.4 Å². The molecule has 0 aromatic carbocycles. The highest BCUT2D eigenvalue weighted by Crippen LogP contribution is 2.54. The molecule has 82 valence electrons. The van der Waals surface area contributed by atoms with E-state index in [4.69, 9.17) is 0 Å². The van der Waals surface area contributed by atoms with Crippen LogP contribution >= 0.6 is 22.6 Å². The van der Waals surface area contributed by atoms with E-state index in [9.17, 15) is 0 Å². The van der Waals surface area contributed by atoms with E-state index in [-0.39, 0.29) is 0 Å². The first kappa shape index (κ1) is 11.2. The monoisotopic (exact) mass is 307 g/mol. The Morgan fingerprint density at radius 2 is 1.86 bits per heavy atom. The molecule has 0 saturated heterocycles. The fourth-order valence-corrected chi connectivity index (χ4v) is 5.07. The third-order valence-corrected chi connectivity index (χ3v) is 5.33. The molecular weight excluding hydrogens is 285 g/mol. The highest BCUT2D eigenvalue weighted by molar-refractivity contribution is 14.1. The second-order valence-corrected chi connectivity index (χ2v) is 7.07. The minimum absolute atomic E-state index is 0.803. The van der Waals surface area contributed by atoms with Crippen LogP contribution in [0.4, 0.5) is 0 Å². The van der Waals surface area contributed by atoms with Crippen molar-refractivity contribution in [2.45, 2.75) is 55.4 Å². The van der Waals surface area contributed by atoms with Crippen molar-refractivity contribution >= 4 is 22.6 Å². The first-order chi connectivity index (χ1) is 6.65. The van der Waals surface area contributed by atoms with Crippen LogP contribution in [0.2, 0.25) is 0 Å². The largest absolute Gasteiger partial charge is 0.304 e. The molecule has 0 atom stereocenters. The van der Waals surface area contributed by atoms with E-state index in [1.54, 1.807) is 0 Å². The normalized spacial score (nSPS) is 42.9. The topological polar surface area (TPSA) is 3.24 Å². The summed E-state index contributed by atoms with van der Waals surface area (Å²) in [6.07, 6.45) is 8.93. The van der Waals surface area contributed by atoms with Crippen molar-refractivity contribution in [3.63, 3.8) is 0 Å². The zero-order valence-corrected chi connectivity index (χ0v) is 11.6. The van der Waals surface area contributed by atoms with Gasteiger partial charge in [-0.05, 0) is 57.5 Å². The first-order valence-corrected chi connectivity index (χ1v) is 7.24. The number of alkyl halides is 1. The van der Waals surface area contributed by atoms with Crippen molar-refractivity contribution in [1.82, 2.24) is 4.90 Å². The Balaban J connectivity index is 1.81. The molecule has 14 heavy (non-hydrogen) atoms. The molecule has 2 rings (SSSR count). The molecule has 0 amide bonds. The van der Waals surface area contributed by atoms with Crippen molar-refractivity contribution < 1.29 is 0 Å². The predicted octanol–water partition coefficient (Wildman–Crippen LogP) is 3.46. The summed E-state index contributed by atoms with van der Waals surface area (Å²) in [6.45, 7) is 3.49. The summed E-state index contributed by atoms with van der Waals surface area (Å²) < 4.78 is 0.994. The average molecular weight is 307 g/mol. The van der Waals surface area contributed by atoms with E-state index in [2.05, 4.69) is 41.5 Å². The molecule has 0 aromatic rings. The Morgan fingerprint density at radius 1 is 1.29 bits per heavy atom. The number of hydrogen-bond donors (Lipinski definition) is 0. The molecule has 0 heterocycles.